The Kier molecular flexibility index (Phi) is 3.55. The average Bonchev–Trinajstić information content (AvgIpc) is 2.16. The van der Waals surface area contributed by atoms with Crippen LogP contribution in [-0.4, -0.2) is 11.4 Å². The summed E-state index contributed by atoms with van der Waals surface area (Å²) in [6, 6.07) is 3.67. The molecule has 3 heteroatoms. The number of aldehydes is 1. The zero-order chi connectivity index (χ0) is 11.6. The molecule has 2 nitrogen and oxygen atoms in total. The first-order valence-electron chi connectivity index (χ1n) is 4.77. The normalized spacial score (nSPS) is 11.5. The van der Waals surface area contributed by atoms with Crippen LogP contribution in [0.1, 0.15) is 42.3 Å². The molecule has 15 heavy (non-hydrogen) atoms. The lowest BCUT2D eigenvalue weighted by atomic mass is 9.85. The molecule has 0 heterocycles. The Morgan fingerprint density at radius 1 is 1.40 bits per heavy atom. The van der Waals surface area contributed by atoms with Crippen molar-refractivity contribution in [2.45, 2.75) is 31.5 Å². The molecule has 0 aliphatic rings. The number of rotatable bonds is 2. The summed E-state index contributed by atoms with van der Waals surface area (Å²) in [6.07, 6.45) is 0.691. The first-order chi connectivity index (χ1) is 6.90. The number of halogens is 1. The van der Waals surface area contributed by atoms with Crippen LogP contribution in [-0.2, 0) is 10.7 Å². The molecule has 1 rings (SSSR count). The largest absolute Gasteiger partial charge is 0.507 e. The van der Waals surface area contributed by atoms with Gasteiger partial charge in [-0.3, -0.25) is 4.79 Å². The van der Waals surface area contributed by atoms with Gasteiger partial charge in [0.1, 0.15) is 5.75 Å². The van der Waals surface area contributed by atoms with Crippen molar-refractivity contribution >= 4 is 22.2 Å². The number of hydrogen-bond acceptors (Lipinski definition) is 2. The zero-order valence-corrected chi connectivity index (χ0v) is 10.8. The minimum absolute atomic E-state index is 0.0254. The molecule has 0 aliphatic carbocycles. The Balaban J connectivity index is 3.40. The highest BCUT2D eigenvalue weighted by molar-refractivity contribution is 9.08. The Morgan fingerprint density at radius 3 is 2.40 bits per heavy atom. The number of phenolic OH excluding ortho intramolecular Hbond substituents is 1. The van der Waals surface area contributed by atoms with Crippen LogP contribution >= 0.6 is 15.9 Å². The Labute approximate surface area is 98.4 Å². The van der Waals surface area contributed by atoms with Crippen molar-refractivity contribution in [3.8, 4) is 5.75 Å². The molecule has 0 radical (unpaired) electrons. The summed E-state index contributed by atoms with van der Waals surface area (Å²) in [6.45, 7) is 6.23. The van der Waals surface area contributed by atoms with Crippen molar-refractivity contribution in [2.75, 3.05) is 0 Å². The van der Waals surface area contributed by atoms with E-state index in [1.807, 2.05) is 6.07 Å². The van der Waals surface area contributed by atoms with Gasteiger partial charge in [0.15, 0.2) is 6.29 Å². The van der Waals surface area contributed by atoms with Gasteiger partial charge < -0.3 is 5.11 Å². The van der Waals surface area contributed by atoms with E-state index in [4.69, 9.17) is 0 Å². The summed E-state index contributed by atoms with van der Waals surface area (Å²) in [7, 11) is 0. The molecule has 1 aromatic rings. The van der Waals surface area contributed by atoms with Gasteiger partial charge in [-0.1, -0.05) is 42.8 Å². The number of carbonyl (C=O) groups excluding carboxylic acids is 1. The maximum atomic E-state index is 10.8. The molecule has 82 valence electrons. The Morgan fingerprint density at radius 2 is 2.00 bits per heavy atom. The van der Waals surface area contributed by atoms with Crippen LogP contribution in [0.25, 0.3) is 0 Å². The van der Waals surface area contributed by atoms with Crippen LogP contribution in [0.3, 0.4) is 0 Å². The smallest absolute Gasteiger partial charge is 0.153 e. The third-order valence-electron chi connectivity index (χ3n) is 2.36. The van der Waals surface area contributed by atoms with E-state index < -0.39 is 0 Å². The van der Waals surface area contributed by atoms with Crippen LogP contribution in [0.2, 0.25) is 0 Å². The fraction of sp³-hybridized carbons (Fsp3) is 0.417. The van der Waals surface area contributed by atoms with Crippen molar-refractivity contribution < 1.29 is 9.90 Å². The molecule has 0 saturated heterocycles. The van der Waals surface area contributed by atoms with Gasteiger partial charge in [0, 0.05) is 10.9 Å². The van der Waals surface area contributed by atoms with Crippen molar-refractivity contribution in [1.82, 2.24) is 0 Å². The Hall–Kier alpha value is -0.830. The monoisotopic (exact) mass is 270 g/mol. The van der Waals surface area contributed by atoms with Gasteiger partial charge in [0.25, 0.3) is 0 Å². The highest BCUT2D eigenvalue weighted by Crippen LogP contribution is 2.31. The second-order valence-electron chi connectivity index (χ2n) is 4.57. The summed E-state index contributed by atoms with van der Waals surface area (Å²) in [5, 5.41) is 10.3. The molecule has 0 aromatic heterocycles. The summed E-state index contributed by atoms with van der Waals surface area (Å²) < 4.78 is 0. The molecule has 0 spiro atoms. The van der Waals surface area contributed by atoms with Crippen molar-refractivity contribution in [3.63, 3.8) is 0 Å². The van der Waals surface area contributed by atoms with Crippen molar-refractivity contribution in [3.05, 3.63) is 28.8 Å². The van der Waals surface area contributed by atoms with Crippen LogP contribution in [0.15, 0.2) is 12.1 Å². The van der Waals surface area contributed by atoms with E-state index in [-0.39, 0.29) is 11.2 Å². The zero-order valence-electron chi connectivity index (χ0n) is 9.17. The fourth-order valence-corrected chi connectivity index (χ4v) is 1.77. The van der Waals surface area contributed by atoms with Crippen LogP contribution in [0, 0.1) is 0 Å². The standard InChI is InChI=1S/C12H15BrO2/c1-12(2,3)10-4-8(6-13)11(15)9(5-10)7-14/h4-5,7,15H,6H2,1-3H3. The number of carbonyl (C=O) groups is 1. The first-order valence-corrected chi connectivity index (χ1v) is 5.89. The summed E-state index contributed by atoms with van der Waals surface area (Å²) in [4.78, 5) is 10.8. The minimum atomic E-state index is -0.0254. The molecular weight excluding hydrogens is 256 g/mol. The van der Waals surface area contributed by atoms with Gasteiger partial charge in [0.05, 0.1) is 5.56 Å². The maximum absolute atomic E-state index is 10.8. The predicted octanol–water partition coefficient (Wildman–Crippen LogP) is 3.40. The fourth-order valence-electron chi connectivity index (χ4n) is 1.34. The quantitative estimate of drug-likeness (QED) is 0.661. The van der Waals surface area contributed by atoms with Crippen LogP contribution < -0.4 is 0 Å². The lowest BCUT2D eigenvalue weighted by Crippen LogP contribution is -2.12. The van der Waals surface area contributed by atoms with E-state index in [0.717, 1.165) is 11.1 Å². The Bertz CT molecular complexity index is 378. The molecule has 0 amide bonds. The first kappa shape index (κ1) is 12.2. The molecule has 0 unspecified atom stereocenters. The van der Waals surface area contributed by atoms with Gasteiger partial charge in [-0.2, -0.15) is 0 Å². The lowest BCUT2D eigenvalue weighted by Gasteiger charge is -2.21. The number of hydrogen-bond donors (Lipinski definition) is 1. The van der Waals surface area contributed by atoms with Gasteiger partial charge in [-0.15, -0.1) is 0 Å². The number of phenols is 1. The molecule has 0 atom stereocenters. The van der Waals surface area contributed by atoms with Crippen LogP contribution in [0.5, 0.6) is 5.75 Å². The SMILES string of the molecule is CC(C)(C)c1cc(C=O)c(O)c(CBr)c1. The average molecular weight is 271 g/mol. The van der Waals surface area contributed by atoms with E-state index >= 15 is 0 Å². The molecule has 0 fully saturated rings. The van der Waals surface area contributed by atoms with E-state index in [0.29, 0.717) is 17.2 Å². The molecule has 1 aromatic carbocycles. The molecule has 1 N–H and O–H groups in total. The number of benzene rings is 1. The summed E-state index contributed by atoms with van der Waals surface area (Å²) in [5.41, 5.74) is 2.14. The molecular formula is C12H15BrO2. The highest BCUT2D eigenvalue weighted by atomic mass is 79.9. The van der Waals surface area contributed by atoms with Crippen molar-refractivity contribution in [1.29, 1.82) is 0 Å². The second-order valence-corrected chi connectivity index (χ2v) is 5.14. The highest BCUT2D eigenvalue weighted by Gasteiger charge is 2.17. The third-order valence-corrected chi connectivity index (χ3v) is 2.96. The summed E-state index contributed by atoms with van der Waals surface area (Å²) >= 11 is 3.30. The van der Waals surface area contributed by atoms with Crippen molar-refractivity contribution in [2.24, 2.45) is 0 Å². The summed E-state index contributed by atoms with van der Waals surface area (Å²) in [5.74, 6) is 0.0786. The minimum Gasteiger partial charge on any atom is -0.507 e. The van der Waals surface area contributed by atoms with E-state index in [2.05, 4.69) is 36.7 Å². The molecule has 0 aliphatic heterocycles. The topological polar surface area (TPSA) is 37.3 Å². The lowest BCUT2D eigenvalue weighted by molar-refractivity contribution is 0.112. The van der Waals surface area contributed by atoms with Gasteiger partial charge in [0.2, 0.25) is 0 Å². The number of aromatic hydroxyl groups is 1. The molecule has 0 saturated carbocycles. The molecule has 0 bridgehead atoms. The predicted molar refractivity (Wildman–Crippen MR) is 64.8 cm³/mol. The third kappa shape index (κ3) is 2.59. The number of alkyl halides is 1. The van der Waals surface area contributed by atoms with Gasteiger partial charge in [-0.05, 0) is 17.0 Å². The van der Waals surface area contributed by atoms with Gasteiger partial charge >= 0.3 is 0 Å². The maximum Gasteiger partial charge on any atom is 0.153 e. The van der Waals surface area contributed by atoms with E-state index in [1.165, 1.54) is 0 Å². The van der Waals surface area contributed by atoms with Crippen LogP contribution in [0.4, 0.5) is 0 Å². The van der Waals surface area contributed by atoms with E-state index in [9.17, 15) is 9.90 Å². The van der Waals surface area contributed by atoms with E-state index in [1.54, 1.807) is 6.07 Å². The second kappa shape index (κ2) is 4.35. The van der Waals surface area contributed by atoms with Gasteiger partial charge in [-0.25, -0.2) is 0 Å².